The standard InChI is InChI=1S/C21H18BrN3OS/c1-3-14-5-7-18-15(9-14)10-16(11-23)21(25-18)27-12-20(26)24-19-6-4-13(2)8-17(19)22/h4-10H,3,12H2,1-2H3,(H,24,26). The molecular formula is C21H18BrN3OS. The van der Waals surface area contributed by atoms with E-state index in [2.05, 4.69) is 45.3 Å². The zero-order chi connectivity index (χ0) is 19.4. The summed E-state index contributed by atoms with van der Waals surface area (Å²) in [4.78, 5) is 16.9. The minimum atomic E-state index is -0.142. The van der Waals surface area contributed by atoms with Crippen molar-refractivity contribution in [1.29, 1.82) is 5.26 Å². The lowest BCUT2D eigenvalue weighted by molar-refractivity contribution is -0.113. The normalized spacial score (nSPS) is 10.6. The van der Waals surface area contributed by atoms with Crippen molar-refractivity contribution in [3.05, 3.63) is 63.6 Å². The molecule has 0 saturated carbocycles. The van der Waals surface area contributed by atoms with Gasteiger partial charge in [-0.25, -0.2) is 4.98 Å². The molecular weight excluding hydrogens is 422 g/mol. The lowest BCUT2D eigenvalue weighted by Crippen LogP contribution is -2.14. The Hall–Kier alpha value is -2.36. The van der Waals surface area contributed by atoms with Gasteiger partial charge in [0.25, 0.3) is 0 Å². The molecule has 0 radical (unpaired) electrons. The number of aryl methyl sites for hydroxylation is 2. The molecule has 6 heteroatoms. The number of halogens is 1. The van der Waals surface area contributed by atoms with Crippen LogP contribution in [0.15, 0.2) is 52.0 Å². The Bertz CT molecular complexity index is 1060. The lowest BCUT2D eigenvalue weighted by Gasteiger charge is -2.09. The van der Waals surface area contributed by atoms with Crippen LogP contribution in [-0.2, 0) is 11.2 Å². The van der Waals surface area contributed by atoms with Gasteiger partial charge in [-0.1, -0.05) is 30.8 Å². The van der Waals surface area contributed by atoms with Crippen molar-refractivity contribution in [2.45, 2.75) is 25.3 Å². The predicted molar refractivity (Wildman–Crippen MR) is 114 cm³/mol. The first-order valence-electron chi connectivity index (χ1n) is 8.52. The van der Waals surface area contributed by atoms with Crippen LogP contribution in [0.3, 0.4) is 0 Å². The monoisotopic (exact) mass is 439 g/mol. The van der Waals surface area contributed by atoms with Gasteiger partial charge in [0, 0.05) is 9.86 Å². The van der Waals surface area contributed by atoms with Crippen LogP contribution >= 0.6 is 27.7 Å². The third kappa shape index (κ3) is 4.68. The SMILES string of the molecule is CCc1ccc2nc(SCC(=O)Nc3ccc(C)cc3Br)c(C#N)cc2c1. The fraction of sp³-hybridized carbons (Fsp3) is 0.190. The van der Waals surface area contributed by atoms with Gasteiger partial charge < -0.3 is 5.32 Å². The second kappa shape index (κ2) is 8.55. The first kappa shape index (κ1) is 19.4. The fourth-order valence-electron chi connectivity index (χ4n) is 2.66. The molecule has 1 aromatic heterocycles. The third-order valence-corrected chi connectivity index (χ3v) is 5.76. The Kier molecular flexibility index (Phi) is 6.15. The number of fused-ring (bicyclic) bond motifs is 1. The second-order valence-electron chi connectivity index (χ2n) is 6.15. The molecule has 136 valence electrons. The summed E-state index contributed by atoms with van der Waals surface area (Å²) in [7, 11) is 0. The smallest absolute Gasteiger partial charge is 0.234 e. The largest absolute Gasteiger partial charge is 0.324 e. The third-order valence-electron chi connectivity index (χ3n) is 4.11. The molecule has 0 fully saturated rings. The minimum Gasteiger partial charge on any atom is -0.324 e. The summed E-state index contributed by atoms with van der Waals surface area (Å²) in [6, 6.07) is 15.8. The number of pyridine rings is 1. The highest BCUT2D eigenvalue weighted by molar-refractivity contribution is 9.10. The lowest BCUT2D eigenvalue weighted by atomic mass is 10.1. The molecule has 0 spiro atoms. The number of hydrogen-bond donors (Lipinski definition) is 1. The molecule has 0 aliphatic rings. The number of carbonyl (C=O) groups excluding carboxylic acids is 1. The topological polar surface area (TPSA) is 65.8 Å². The van der Waals surface area contributed by atoms with E-state index in [0.29, 0.717) is 10.6 Å². The van der Waals surface area contributed by atoms with Gasteiger partial charge in [-0.05, 0) is 70.7 Å². The Morgan fingerprint density at radius 1 is 1.26 bits per heavy atom. The van der Waals surface area contributed by atoms with E-state index in [9.17, 15) is 10.1 Å². The molecule has 3 aromatic rings. The van der Waals surface area contributed by atoms with Crippen molar-refractivity contribution in [3.63, 3.8) is 0 Å². The Morgan fingerprint density at radius 2 is 2.07 bits per heavy atom. The van der Waals surface area contributed by atoms with Gasteiger partial charge in [-0.15, -0.1) is 0 Å². The number of hydrogen-bond acceptors (Lipinski definition) is 4. The molecule has 2 aromatic carbocycles. The van der Waals surface area contributed by atoms with Crippen molar-refractivity contribution in [1.82, 2.24) is 4.98 Å². The molecule has 0 aliphatic carbocycles. The van der Waals surface area contributed by atoms with Gasteiger partial charge >= 0.3 is 0 Å². The van der Waals surface area contributed by atoms with Gasteiger partial charge in [0.2, 0.25) is 5.91 Å². The minimum absolute atomic E-state index is 0.142. The highest BCUT2D eigenvalue weighted by Crippen LogP contribution is 2.27. The van der Waals surface area contributed by atoms with Crippen LogP contribution in [0.4, 0.5) is 5.69 Å². The summed E-state index contributed by atoms with van der Waals surface area (Å²) in [5, 5.41) is 13.9. The molecule has 0 atom stereocenters. The number of anilines is 1. The van der Waals surface area contributed by atoms with Gasteiger partial charge in [-0.3, -0.25) is 4.79 Å². The average molecular weight is 440 g/mol. The second-order valence-corrected chi connectivity index (χ2v) is 7.97. The zero-order valence-electron chi connectivity index (χ0n) is 15.0. The number of nitrogens with one attached hydrogen (secondary N) is 1. The quantitative estimate of drug-likeness (QED) is 0.535. The Morgan fingerprint density at radius 3 is 2.78 bits per heavy atom. The number of amides is 1. The molecule has 0 bridgehead atoms. The van der Waals surface area contributed by atoms with Crippen LogP contribution in [0.25, 0.3) is 10.9 Å². The van der Waals surface area contributed by atoms with Crippen molar-refractivity contribution in [2.75, 3.05) is 11.1 Å². The van der Waals surface area contributed by atoms with Gasteiger partial charge in [0.15, 0.2) is 0 Å². The fourth-order valence-corrected chi connectivity index (χ4v) is 4.02. The van der Waals surface area contributed by atoms with Crippen molar-refractivity contribution < 1.29 is 4.79 Å². The summed E-state index contributed by atoms with van der Waals surface area (Å²) in [5.41, 5.74) is 4.36. The van der Waals surface area contributed by atoms with Crippen molar-refractivity contribution in [3.8, 4) is 6.07 Å². The van der Waals surface area contributed by atoms with Crippen LogP contribution in [0.1, 0.15) is 23.6 Å². The van der Waals surface area contributed by atoms with Gasteiger partial charge in [-0.2, -0.15) is 5.26 Å². The van der Waals surface area contributed by atoms with Crippen LogP contribution in [0.2, 0.25) is 0 Å². The molecule has 0 aliphatic heterocycles. The maximum absolute atomic E-state index is 12.3. The van der Waals surface area contributed by atoms with E-state index in [0.717, 1.165) is 33.0 Å². The molecule has 27 heavy (non-hydrogen) atoms. The highest BCUT2D eigenvalue weighted by Gasteiger charge is 2.12. The van der Waals surface area contributed by atoms with E-state index >= 15 is 0 Å². The highest BCUT2D eigenvalue weighted by atomic mass is 79.9. The van der Waals surface area contributed by atoms with E-state index in [1.807, 2.05) is 43.3 Å². The average Bonchev–Trinajstić information content (AvgIpc) is 2.67. The van der Waals surface area contributed by atoms with E-state index in [4.69, 9.17) is 0 Å². The predicted octanol–water partition coefficient (Wildman–Crippen LogP) is 5.47. The maximum atomic E-state index is 12.3. The van der Waals surface area contributed by atoms with Crippen LogP contribution < -0.4 is 5.32 Å². The van der Waals surface area contributed by atoms with E-state index < -0.39 is 0 Å². The summed E-state index contributed by atoms with van der Waals surface area (Å²) in [6.45, 7) is 4.08. The first-order valence-corrected chi connectivity index (χ1v) is 10.3. The number of rotatable bonds is 5. The summed E-state index contributed by atoms with van der Waals surface area (Å²) in [6.07, 6.45) is 0.934. The summed E-state index contributed by atoms with van der Waals surface area (Å²) < 4.78 is 0.842. The van der Waals surface area contributed by atoms with E-state index in [1.165, 1.54) is 17.3 Å². The number of carbonyl (C=O) groups is 1. The molecule has 4 nitrogen and oxygen atoms in total. The van der Waals surface area contributed by atoms with Gasteiger partial charge in [0.05, 0.1) is 22.5 Å². The first-order chi connectivity index (χ1) is 13.0. The van der Waals surface area contributed by atoms with Crippen LogP contribution in [0.5, 0.6) is 0 Å². The number of nitrogens with zero attached hydrogens (tertiary/aromatic N) is 2. The number of benzene rings is 2. The molecule has 0 unspecified atom stereocenters. The maximum Gasteiger partial charge on any atom is 0.234 e. The number of thioether (sulfide) groups is 1. The van der Waals surface area contributed by atoms with Crippen LogP contribution in [-0.4, -0.2) is 16.6 Å². The molecule has 3 rings (SSSR count). The van der Waals surface area contributed by atoms with E-state index in [-0.39, 0.29) is 11.7 Å². The zero-order valence-corrected chi connectivity index (χ0v) is 17.4. The Balaban J connectivity index is 1.75. The Labute approximate surface area is 171 Å². The van der Waals surface area contributed by atoms with Gasteiger partial charge in [0.1, 0.15) is 11.1 Å². The number of aromatic nitrogens is 1. The molecule has 1 amide bonds. The summed E-state index contributed by atoms with van der Waals surface area (Å²) >= 11 is 4.73. The van der Waals surface area contributed by atoms with Crippen molar-refractivity contribution >= 4 is 50.2 Å². The molecule has 1 N–H and O–H groups in total. The number of nitriles is 1. The van der Waals surface area contributed by atoms with E-state index in [1.54, 1.807) is 0 Å². The molecule has 0 saturated heterocycles. The summed E-state index contributed by atoms with van der Waals surface area (Å²) in [5.74, 6) is 0.0391. The molecule has 1 heterocycles. The van der Waals surface area contributed by atoms with Crippen LogP contribution in [0, 0.1) is 18.3 Å². The van der Waals surface area contributed by atoms with Crippen molar-refractivity contribution in [2.24, 2.45) is 0 Å².